The second-order valence-corrected chi connectivity index (χ2v) is 3.46. The number of ketones is 1. The van der Waals surface area contributed by atoms with Crippen molar-refractivity contribution in [2.75, 3.05) is 0 Å². The third-order valence-electron chi connectivity index (χ3n) is 2.29. The first-order chi connectivity index (χ1) is 8.60. The molecule has 2 nitrogen and oxygen atoms in total. The molecule has 0 bridgehead atoms. The van der Waals surface area contributed by atoms with E-state index in [2.05, 4.69) is 6.58 Å². The van der Waals surface area contributed by atoms with E-state index in [4.69, 9.17) is 0 Å². The molecule has 0 aromatic carbocycles. The topological polar surface area (TPSA) is 37.3 Å². The summed E-state index contributed by atoms with van der Waals surface area (Å²) >= 11 is 0. The molecule has 0 saturated heterocycles. The van der Waals surface area contributed by atoms with E-state index in [1.807, 2.05) is 19.1 Å². The molecule has 0 radical (unpaired) electrons. The SMILES string of the molecule is C=C\C=C/C(/C=C/C(=O)C(=C/C)/C(O)=C\C)=C\C. The quantitative estimate of drug-likeness (QED) is 0.432. The van der Waals surface area contributed by atoms with E-state index in [1.54, 1.807) is 38.2 Å². The first-order valence-electron chi connectivity index (χ1n) is 5.80. The average Bonchev–Trinajstić information content (AvgIpc) is 2.39. The van der Waals surface area contributed by atoms with Crippen molar-refractivity contribution in [3.05, 3.63) is 72.1 Å². The lowest BCUT2D eigenvalue weighted by atomic mass is 10.1. The van der Waals surface area contributed by atoms with Crippen LogP contribution in [-0.2, 0) is 4.79 Å². The van der Waals surface area contributed by atoms with Crippen molar-refractivity contribution < 1.29 is 9.90 Å². The second kappa shape index (κ2) is 8.99. The van der Waals surface area contributed by atoms with Crippen LogP contribution < -0.4 is 0 Å². The fourth-order valence-corrected chi connectivity index (χ4v) is 1.26. The summed E-state index contributed by atoms with van der Waals surface area (Å²) < 4.78 is 0. The average molecular weight is 244 g/mol. The highest BCUT2D eigenvalue weighted by Gasteiger charge is 2.08. The first kappa shape index (κ1) is 15.9. The number of rotatable bonds is 6. The lowest BCUT2D eigenvalue weighted by molar-refractivity contribution is -0.111. The van der Waals surface area contributed by atoms with Gasteiger partial charge in [-0.15, -0.1) is 0 Å². The van der Waals surface area contributed by atoms with Gasteiger partial charge in [-0.05, 0) is 38.5 Å². The summed E-state index contributed by atoms with van der Waals surface area (Å²) in [4.78, 5) is 11.8. The van der Waals surface area contributed by atoms with E-state index in [9.17, 15) is 9.90 Å². The van der Waals surface area contributed by atoms with Crippen molar-refractivity contribution in [2.45, 2.75) is 20.8 Å². The zero-order chi connectivity index (χ0) is 14.0. The molecule has 0 fully saturated rings. The maximum atomic E-state index is 11.8. The Morgan fingerprint density at radius 2 is 1.67 bits per heavy atom. The fourth-order valence-electron chi connectivity index (χ4n) is 1.26. The molecular formula is C16H20O2. The predicted octanol–water partition coefficient (Wildman–Crippen LogP) is 4.21. The Morgan fingerprint density at radius 1 is 1.00 bits per heavy atom. The first-order valence-corrected chi connectivity index (χ1v) is 5.80. The third-order valence-corrected chi connectivity index (χ3v) is 2.29. The van der Waals surface area contributed by atoms with Gasteiger partial charge < -0.3 is 5.11 Å². The maximum absolute atomic E-state index is 11.8. The van der Waals surface area contributed by atoms with Gasteiger partial charge in [-0.3, -0.25) is 4.79 Å². The molecule has 0 heterocycles. The lowest BCUT2D eigenvalue weighted by Gasteiger charge is -2.01. The van der Waals surface area contributed by atoms with Crippen LogP contribution in [0.4, 0.5) is 0 Å². The molecule has 0 aliphatic carbocycles. The zero-order valence-electron chi connectivity index (χ0n) is 11.2. The fraction of sp³-hybridized carbons (Fsp3) is 0.188. The molecule has 0 saturated carbocycles. The minimum Gasteiger partial charge on any atom is -0.508 e. The normalized spacial score (nSPS) is 14.5. The molecular weight excluding hydrogens is 224 g/mol. The Labute approximate surface area is 109 Å². The van der Waals surface area contributed by atoms with Crippen LogP contribution in [0.3, 0.4) is 0 Å². The van der Waals surface area contributed by atoms with Gasteiger partial charge in [0.1, 0.15) is 5.76 Å². The molecule has 2 heteroatoms. The molecule has 96 valence electrons. The van der Waals surface area contributed by atoms with Crippen molar-refractivity contribution in [3.8, 4) is 0 Å². The van der Waals surface area contributed by atoms with E-state index < -0.39 is 0 Å². The standard InChI is InChI=1S/C16H20O2/c1-5-9-10-13(6-2)11-12-16(18)14(7-3)15(17)8-4/h5-12,17H,1H2,2-4H3/b10-9-,12-11+,13-6+,14-7+,15-8+. The van der Waals surface area contributed by atoms with E-state index in [1.165, 1.54) is 12.2 Å². The summed E-state index contributed by atoms with van der Waals surface area (Å²) in [7, 11) is 0. The molecule has 0 aromatic heterocycles. The van der Waals surface area contributed by atoms with Crippen LogP contribution in [0.2, 0.25) is 0 Å². The monoisotopic (exact) mass is 244 g/mol. The second-order valence-electron chi connectivity index (χ2n) is 3.46. The Kier molecular flexibility index (Phi) is 7.95. The van der Waals surface area contributed by atoms with Crippen molar-refractivity contribution in [1.82, 2.24) is 0 Å². The number of carbonyl (C=O) groups excluding carboxylic acids is 1. The van der Waals surface area contributed by atoms with Crippen LogP contribution in [0.15, 0.2) is 72.1 Å². The highest BCUT2D eigenvalue weighted by molar-refractivity contribution is 6.06. The number of aliphatic hydroxyl groups is 1. The Balaban J connectivity index is 4.95. The van der Waals surface area contributed by atoms with Crippen LogP contribution in [0.25, 0.3) is 0 Å². The van der Waals surface area contributed by atoms with Crippen molar-refractivity contribution in [3.63, 3.8) is 0 Å². The van der Waals surface area contributed by atoms with Gasteiger partial charge in [0.05, 0.1) is 5.57 Å². The summed E-state index contributed by atoms with van der Waals surface area (Å²) in [6.07, 6.45) is 13.4. The van der Waals surface area contributed by atoms with Gasteiger partial charge in [0.25, 0.3) is 0 Å². The van der Waals surface area contributed by atoms with Gasteiger partial charge in [0.15, 0.2) is 5.78 Å². The molecule has 0 aromatic rings. The molecule has 1 N–H and O–H groups in total. The Hall–Kier alpha value is -2.09. The molecule has 0 amide bonds. The summed E-state index contributed by atoms with van der Waals surface area (Å²) in [5, 5.41) is 9.55. The summed E-state index contributed by atoms with van der Waals surface area (Å²) in [6, 6.07) is 0. The molecule has 0 aliphatic heterocycles. The van der Waals surface area contributed by atoms with Crippen LogP contribution in [-0.4, -0.2) is 10.9 Å². The third kappa shape index (κ3) is 5.30. The highest BCUT2D eigenvalue weighted by atomic mass is 16.3. The number of hydrogen-bond acceptors (Lipinski definition) is 2. The zero-order valence-corrected chi connectivity index (χ0v) is 11.2. The van der Waals surface area contributed by atoms with Gasteiger partial charge in [-0.2, -0.15) is 0 Å². The predicted molar refractivity (Wildman–Crippen MR) is 77.4 cm³/mol. The van der Waals surface area contributed by atoms with Gasteiger partial charge in [0.2, 0.25) is 0 Å². The minimum atomic E-state index is -0.223. The summed E-state index contributed by atoms with van der Waals surface area (Å²) in [5.41, 5.74) is 1.20. The Morgan fingerprint density at radius 3 is 2.11 bits per heavy atom. The smallest absolute Gasteiger partial charge is 0.189 e. The van der Waals surface area contributed by atoms with E-state index in [-0.39, 0.29) is 11.5 Å². The van der Waals surface area contributed by atoms with E-state index >= 15 is 0 Å². The van der Waals surface area contributed by atoms with Gasteiger partial charge >= 0.3 is 0 Å². The summed E-state index contributed by atoms with van der Waals surface area (Å²) in [6.45, 7) is 8.87. The van der Waals surface area contributed by atoms with Gasteiger partial charge in [0, 0.05) is 0 Å². The number of carbonyl (C=O) groups is 1. The Bertz CT molecular complexity index is 444. The van der Waals surface area contributed by atoms with E-state index in [0.717, 1.165) is 5.57 Å². The van der Waals surface area contributed by atoms with Crippen molar-refractivity contribution >= 4 is 5.78 Å². The van der Waals surface area contributed by atoms with Crippen LogP contribution >= 0.6 is 0 Å². The maximum Gasteiger partial charge on any atom is 0.189 e. The van der Waals surface area contributed by atoms with Crippen molar-refractivity contribution in [2.24, 2.45) is 0 Å². The number of allylic oxidation sites excluding steroid dienone is 10. The highest BCUT2D eigenvalue weighted by Crippen LogP contribution is 2.10. The lowest BCUT2D eigenvalue weighted by Crippen LogP contribution is -2.01. The largest absolute Gasteiger partial charge is 0.508 e. The molecule has 18 heavy (non-hydrogen) atoms. The van der Waals surface area contributed by atoms with Gasteiger partial charge in [-0.25, -0.2) is 0 Å². The van der Waals surface area contributed by atoms with Crippen LogP contribution in [0.5, 0.6) is 0 Å². The molecule has 0 unspecified atom stereocenters. The van der Waals surface area contributed by atoms with E-state index in [0.29, 0.717) is 5.57 Å². The number of hydrogen-bond donors (Lipinski definition) is 1. The van der Waals surface area contributed by atoms with Crippen LogP contribution in [0.1, 0.15) is 20.8 Å². The summed E-state index contributed by atoms with van der Waals surface area (Å²) in [5.74, 6) is -0.227. The number of aliphatic hydroxyl groups excluding tert-OH is 1. The van der Waals surface area contributed by atoms with Crippen LogP contribution in [0, 0.1) is 0 Å². The van der Waals surface area contributed by atoms with Gasteiger partial charge in [-0.1, -0.05) is 43.0 Å². The molecule has 0 spiro atoms. The molecule has 0 aliphatic rings. The molecule has 0 rings (SSSR count). The van der Waals surface area contributed by atoms with Crippen molar-refractivity contribution in [1.29, 1.82) is 0 Å². The molecule has 0 atom stereocenters. The minimum absolute atomic E-state index is 0.00388.